The van der Waals surface area contributed by atoms with Crippen LogP contribution in [0.15, 0.2) is 79.4 Å². The Morgan fingerprint density at radius 2 is 1.56 bits per heavy atom. The molecule has 4 rings (SSSR count). The maximum Gasteiger partial charge on any atom is 0.146 e. The summed E-state index contributed by atoms with van der Waals surface area (Å²) in [4.78, 5) is 0. The van der Waals surface area contributed by atoms with Crippen molar-refractivity contribution in [1.29, 1.82) is 0 Å². The lowest BCUT2D eigenvalue weighted by Gasteiger charge is -2.28. The van der Waals surface area contributed by atoms with Crippen molar-refractivity contribution in [2.24, 2.45) is 11.8 Å². The van der Waals surface area contributed by atoms with E-state index >= 15 is 4.39 Å². The largest absolute Gasteiger partial charge is 0.205 e. The van der Waals surface area contributed by atoms with Crippen molar-refractivity contribution >= 4 is 10.8 Å². The van der Waals surface area contributed by atoms with Gasteiger partial charge in [-0.05, 0) is 92.0 Å². The maximum atomic E-state index is 15.1. The van der Waals surface area contributed by atoms with Crippen LogP contribution in [0.3, 0.4) is 0 Å². The van der Waals surface area contributed by atoms with Crippen LogP contribution in [-0.4, -0.2) is 0 Å². The van der Waals surface area contributed by atoms with E-state index in [-0.39, 0.29) is 5.82 Å². The van der Waals surface area contributed by atoms with Crippen LogP contribution >= 0.6 is 0 Å². The van der Waals surface area contributed by atoms with Gasteiger partial charge in [0.1, 0.15) is 5.82 Å². The minimum Gasteiger partial charge on any atom is -0.205 e. The average molecular weight is 479 g/mol. The Kier molecular flexibility index (Phi) is 9.57. The topological polar surface area (TPSA) is 0 Å². The third kappa shape index (κ3) is 7.20. The zero-order valence-electron chi connectivity index (χ0n) is 21.7. The lowest BCUT2D eigenvalue weighted by atomic mass is 9.78. The van der Waals surface area contributed by atoms with Gasteiger partial charge in [-0.2, -0.15) is 0 Å². The van der Waals surface area contributed by atoms with Crippen molar-refractivity contribution in [3.63, 3.8) is 0 Å². The van der Waals surface area contributed by atoms with Gasteiger partial charge < -0.3 is 0 Å². The third-order valence-corrected chi connectivity index (χ3v) is 7.74. The molecule has 0 spiro atoms. The molecule has 1 saturated carbocycles. The van der Waals surface area contributed by atoms with Crippen molar-refractivity contribution in [2.75, 3.05) is 0 Å². The van der Waals surface area contributed by atoms with E-state index in [1.54, 1.807) is 6.07 Å². The minimum atomic E-state index is -0.226. The molecular weight excluding hydrogens is 439 g/mol. The van der Waals surface area contributed by atoms with Gasteiger partial charge in [0.25, 0.3) is 0 Å². The molecule has 0 nitrogen and oxygen atoms in total. The van der Waals surface area contributed by atoms with Crippen LogP contribution in [0, 0.1) is 29.5 Å². The molecule has 0 N–H and O–H groups in total. The molecule has 1 fully saturated rings. The fourth-order valence-corrected chi connectivity index (χ4v) is 5.44. The Morgan fingerprint density at radius 1 is 0.833 bits per heavy atom. The Hall–Kier alpha value is -3.11. The van der Waals surface area contributed by atoms with E-state index in [0.717, 1.165) is 48.5 Å². The van der Waals surface area contributed by atoms with E-state index in [2.05, 4.69) is 67.0 Å². The fourth-order valence-electron chi connectivity index (χ4n) is 5.44. The van der Waals surface area contributed by atoms with Gasteiger partial charge in [-0.25, -0.2) is 4.39 Å². The van der Waals surface area contributed by atoms with Crippen molar-refractivity contribution < 1.29 is 4.39 Å². The molecule has 1 aliphatic rings. The molecule has 0 radical (unpaired) electrons. The average Bonchev–Trinajstić information content (AvgIpc) is 2.92. The van der Waals surface area contributed by atoms with E-state index in [4.69, 9.17) is 0 Å². The van der Waals surface area contributed by atoms with E-state index < -0.39 is 0 Å². The fraction of sp³-hybridized carbons (Fsp3) is 0.371. The molecule has 1 aliphatic carbocycles. The lowest BCUT2D eigenvalue weighted by Crippen LogP contribution is -2.15. The first kappa shape index (κ1) is 26.0. The molecule has 1 heteroatoms. The highest BCUT2D eigenvalue weighted by Gasteiger charge is 2.20. The number of allylic oxidation sites excluding steroid dienone is 3. The second-order valence-corrected chi connectivity index (χ2v) is 10.3. The molecular formula is C35H39F. The number of benzene rings is 3. The molecule has 0 saturated heterocycles. The second kappa shape index (κ2) is 13.3. The summed E-state index contributed by atoms with van der Waals surface area (Å²) in [5.74, 6) is 7.77. The van der Waals surface area contributed by atoms with Gasteiger partial charge in [0.05, 0.1) is 5.56 Å². The summed E-state index contributed by atoms with van der Waals surface area (Å²) in [6.45, 7) is 5.89. The summed E-state index contributed by atoms with van der Waals surface area (Å²) in [5, 5.41) is 1.58. The van der Waals surface area contributed by atoms with Gasteiger partial charge in [-0.15, -0.1) is 6.58 Å². The first-order valence-corrected chi connectivity index (χ1v) is 13.7. The molecule has 0 unspecified atom stereocenters. The monoisotopic (exact) mass is 478 g/mol. The number of fused-ring (bicyclic) bond motifs is 1. The van der Waals surface area contributed by atoms with Gasteiger partial charge in [-0.3, -0.25) is 0 Å². The zero-order valence-corrected chi connectivity index (χ0v) is 21.7. The number of halogens is 1. The SMILES string of the molecule is C=CCCC1CCC(CCc2ccc(C#Cc3ccc4cc(CC/C=C/C)ccc4c3F)cc2)CC1. The van der Waals surface area contributed by atoms with Gasteiger partial charge in [0.2, 0.25) is 0 Å². The molecule has 186 valence electrons. The Morgan fingerprint density at radius 3 is 2.28 bits per heavy atom. The normalized spacial score (nSPS) is 17.7. The van der Waals surface area contributed by atoms with Gasteiger partial charge in [-0.1, -0.05) is 92.2 Å². The van der Waals surface area contributed by atoms with Crippen LogP contribution in [0.5, 0.6) is 0 Å². The van der Waals surface area contributed by atoms with Crippen molar-refractivity contribution in [3.05, 3.63) is 107 Å². The molecule has 36 heavy (non-hydrogen) atoms. The molecule has 0 heterocycles. The second-order valence-electron chi connectivity index (χ2n) is 10.3. The van der Waals surface area contributed by atoms with Gasteiger partial charge in [0.15, 0.2) is 0 Å². The highest BCUT2D eigenvalue weighted by Crippen LogP contribution is 2.34. The van der Waals surface area contributed by atoms with E-state index in [9.17, 15) is 0 Å². The predicted molar refractivity (Wildman–Crippen MR) is 153 cm³/mol. The summed E-state index contributed by atoms with van der Waals surface area (Å²) in [6.07, 6.45) is 18.7. The number of rotatable bonds is 9. The highest BCUT2D eigenvalue weighted by molar-refractivity contribution is 5.85. The quantitative estimate of drug-likeness (QED) is 0.212. The molecule has 0 amide bonds. The first-order valence-electron chi connectivity index (χ1n) is 13.7. The van der Waals surface area contributed by atoms with Gasteiger partial charge in [0, 0.05) is 10.9 Å². The zero-order chi connectivity index (χ0) is 25.2. The lowest BCUT2D eigenvalue weighted by molar-refractivity contribution is 0.254. The Balaban J connectivity index is 1.33. The van der Waals surface area contributed by atoms with E-state index in [1.165, 1.54) is 49.7 Å². The highest BCUT2D eigenvalue weighted by atomic mass is 19.1. The molecule has 0 bridgehead atoms. The maximum absolute atomic E-state index is 15.1. The van der Waals surface area contributed by atoms with E-state index in [1.807, 2.05) is 25.1 Å². The summed E-state index contributed by atoms with van der Waals surface area (Å²) in [5.41, 5.74) is 3.99. The van der Waals surface area contributed by atoms with Crippen LogP contribution < -0.4 is 0 Å². The third-order valence-electron chi connectivity index (χ3n) is 7.74. The predicted octanol–water partition coefficient (Wildman–Crippen LogP) is 9.59. The van der Waals surface area contributed by atoms with E-state index in [0.29, 0.717) is 10.9 Å². The summed E-state index contributed by atoms with van der Waals surface area (Å²) in [7, 11) is 0. The molecule has 0 atom stereocenters. The van der Waals surface area contributed by atoms with Crippen molar-refractivity contribution in [3.8, 4) is 11.8 Å². The van der Waals surface area contributed by atoms with Crippen LogP contribution in [0.25, 0.3) is 10.8 Å². The molecule has 3 aromatic rings. The first-order chi connectivity index (χ1) is 17.7. The molecule has 0 aliphatic heterocycles. The van der Waals surface area contributed by atoms with Crippen LogP contribution in [-0.2, 0) is 12.8 Å². The number of hydrogen-bond donors (Lipinski definition) is 0. The molecule has 0 aromatic heterocycles. The van der Waals surface area contributed by atoms with Crippen LogP contribution in [0.1, 0.15) is 80.5 Å². The molecule has 3 aromatic carbocycles. The minimum absolute atomic E-state index is 0.226. The van der Waals surface area contributed by atoms with Crippen molar-refractivity contribution in [2.45, 2.75) is 71.1 Å². The Labute approximate surface area is 217 Å². The summed E-state index contributed by atoms with van der Waals surface area (Å²) in [6, 6.07) is 18.3. The standard InChI is InChI=1S/C35H39F/c1-3-5-7-9-31-21-25-34-33(26-31)24-23-32(35(34)36)22-20-30-18-16-29(17-19-30)15-14-28-12-10-27(11-13-28)8-6-4-2/h3-5,16-19,21,23-28H,2,6-15H2,1H3/b5-3+. The summed E-state index contributed by atoms with van der Waals surface area (Å²) < 4.78 is 15.1. The Bertz CT molecular complexity index is 1230. The number of aryl methyl sites for hydroxylation is 2. The smallest absolute Gasteiger partial charge is 0.146 e. The summed E-state index contributed by atoms with van der Waals surface area (Å²) >= 11 is 0. The number of hydrogen-bond acceptors (Lipinski definition) is 0. The van der Waals surface area contributed by atoms with Gasteiger partial charge >= 0.3 is 0 Å². The van der Waals surface area contributed by atoms with Crippen LogP contribution in [0.4, 0.5) is 4.39 Å². The van der Waals surface area contributed by atoms with Crippen LogP contribution in [0.2, 0.25) is 0 Å². The van der Waals surface area contributed by atoms with Crippen molar-refractivity contribution in [1.82, 2.24) is 0 Å².